The Hall–Kier alpha value is -3.39. The SMILES string of the molecule is COc1cc2nc(CNCc3cccc(N=CN(C)C)c3)[nH]c(=O)c2cc1OC. The lowest BCUT2D eigenvalue weighted by atomic mass is 10.2. The third-order valence-corrected chi connectivity index (χ3v) is 4.23. The lowest BCUT2D eigenvalue weighted by molar-refractivity contribution is 0.355. The normalized spacial score (nSPS) is 11.2. The zero-order valence-electron chi connectivity index (χ0n) is 17.0. The molecular formula is C21H25N5O3. The average molecular weight is 395 g/mol. The second-order valence-electron chi connectivity index (χ2n) is 6.72. The van der Waals surface area contributed by atoms with Gasteiger partial charge in [-0.1, -0.05) is 12.1 Å². The number of ether oxygens (including phenoxy) is 2. The van der Waals surface area contributed by atoms with E-state index < -0.39 is 0 Å². The van der Waals surface area contributed by atoms with Crippen LogP contribution in [-0.2, 0) is 13.1 Å². The predicted octanol–water partition coefficient (Wildman–Crippen LogP) is 2.45. The van der Waals surface area contributed by atoms with Crippen LogP contribution < -0.4 is 20.3 Å². The third kappa shape index (κ3) is 5.11. The van der Waals surface area contributed by atoms with Crippen LogP contribution in [-0.4, -0.2) is 49.5 Å². The highest BCUT2D eigenvalue weighted by atomic mass is 16.5. The Balaban J connectivity index is 1.73. The molecule has 1 heterocycles. The molecule has 0 fully saturated rings. The number of hydrogen-bond acceptors (Lipinski definition) is 6. The molecule has 2 N–H and O–H groups in total. The third-order valence-electron chi connectivity index (χ3n) is 4.23. The second-order valence-corrected chi connectivity index (χ2v) is 6.72. The molecule has 0 bridgehead atoms. The van der Waals surface area contributed by atoms with E-state index in [4.69, 9.17) is 9.47 Å². The molecule has 2 aromatic carbocycles. The Labute approximate surface area is 169 Å². The van der Waals surface area contributed by atoms with E-state index in [1.54, 1.807) is 25.6 Å². The standard InChI is InChI=1S/C21H25N5O3/c1-26(2)13-23-15-7-5-6-14(8-15)11-22-12-20-24-17-10-19(29-4)18(28-3)9-16(17)21(27)25-20/h5-10,13,22H,11-12H2,1-4H3,(H,24,25,27). The number of nitrogens with one attached hydrogen (secondary N) is 2. The molecule has 8 nitrogen and oxygen atoms in total. The van der Waals surface area contributed by atoms with E-state index in [-0.39, 0.29) is 5.56 Å². The van der Waals surface area contributed by atoms with Gasteiger partial charge in [0.05, 0.1) is 43.7 Å². The Morgan fingerprint density at radius 2 is 1.90 bits per heavy atom. The minimum absolute atomic E-state index is 0.215. The Morgan fingerprint density at radius 3 is 2.62 bits per heavy atom. The monoisotopic (exact) mass is 395 g/mol. The number of methoxy groups -OCH3 is 2. The molecule has 0 spiro atoms. The summed E-state index contributed by atoms with van der Waals surface area (Å²) in [4.78, 5) is 26.1. The van der Waals surface area contributed by atoms with Gasteiger partial charge in [0.1, 0.15) is 5.82 Å². The molecule has 8 heteroatoms. The number of benzene rings is 2. The van der Waals surface area contributed by atoms with Crippen LogP contribution in [0.5, 0.6) is 11.5 Å². The summed E-state index contributed by atoms with van der Waals surface area (Å²) < 4.78 is 10.6. The molecular weight excluding hydrogens is 370 g/mol. The topological polar surface area (TPSA) is 91.8 Å². The van der Waals surface area contributed by atoms with Crippen LogP contribution in [0.1, 0.15) is 11.4 Å². The van der Waals surface area contributed by atoms with E-state index in [9.17, 15) is 4.79 Å². The number of nitrogens with zero attached hydrogens (tertiary/aromatic N) is 3. The van der Waals surface area contributed by atoms with Gasteiger partial charge in [-0.15, -0.1) is 0 Å². The van der Waals surface area contributed by atoms with Gasteiger partial charge >= 0.3 is 0 Å². The molecule has 0 saturated heterocycles. The molecule has 152 valence electrons. The van der Waals surface area contributed by atoms with Crippen molar-refractivity contribution in [3.05, 3.63) is 58.1 Å². The van der Waals surface area contributed by atoms with Crippen molar-refractivity contribution in [3.8, 4) is 11.5 Å². The van der Waals surface area contributed by atoms with Gasteiger partial charge in [-0.3, -0.25) is 4.79 Å². The Kier molecular flexibility index (Phi) is 6.46. The number of H-pyrrole nitrogens is 1. The van der Waals surface area contributed by atoms with Crippen LogP contribution in [0.3, 0.4) is 0 Å². The fraction of sp³-hybridized carbons (Fsp3) is 0.286. The van der Waals surface area contributed by atoms with E-state index in [0.29, 0.717) is 41.3 Å². The maximum Gasteiger partial charge on any atom is 0.258 e. The van der Waals surface area contributed by atoms with Crippen LogP contribution in [0.4, 0.5) is 5.69 Å². The second kappa shape index (κ2) is 9.20. The molecule has 3 aromatic rings. The van der Waals surface area contributed by atoms with Gasteiger partial charge in [-0.2, -0.15) is 0 Å². The van der Waals surface area contributed by atoms with Gasteiger partial charge in [0.2, 0.25) is 0 Å². The van der Waals surface area contributed by atoms with E-state index >= 15 is 0 Å². The van der Waals surface area contributed by atoms with Gasteiger partial charge < -0.3 is 24.7 Å². The van der Waals surface area contributed by atoms with Gasteiger partial charge in [-0.05, 0) is 23.8 Å². The molecule has 0 amide bonds. The fourth-order valence-corrected chi connectivity index (χ4v) is 2.85. The molecule has 0 radical (unpaired) electrons. The molecule has 0 aliphatic heterocycles. The highest BCUT2D eigenvalue weighted by Crippen LogP contribution is 2.29. The van der Waals surface area contributed by atoms with Gasteiger partial charge in [0, 0.05) is 26.7 Å². The minimum Gasteiger partial charge on any atom is -0.493 e. The Bertz CT molecular complexity index is 1080. The van der Waals surface area contributed by atoms with Gasteiger partial charge in [-0.25, -0.2) is 9.98 Å². The molecule has 0 unspecified atom stereocenters. The summed E-state index contributed by atoms with van der Waals surface area (Å²) in [5, 5.41) is 3.76. The van der Waals surface area contributed by atoms with Crippen molar-refractivity contribution in [1.29, 1.82) is 0 Å². The number of aromatic nitrogens is 2. The van der Waals surface area contributed by atoms with Crippen molar-refractivity contribution in [1.82, 2.24) is 20.2 Å². The molecule has 0 aliphatic carbocycles. The summed E-state index contributed by atoms with van der Waals surface area (Å²) in [5.41, 5.74) is 2.32. The van der Waals surface area contributed by atoms with Crippen molar-refractivity contribution < 1.29 is 9.47 Å². The van der Waals surface area contributed by atoms with Crippen molar-refractivity contribution in [2.24, 2.45) is 4.99 Å². The first-order valence-electron chi connectivity index (χ1n) is 9.15. The first-order chi connectivity index (χ1) is 14.0. The summed E-state index contributed by atoms with van der Waals surface area (Å²) in [6.07, 6.45) is 1.76. The summed E-state index contributed by atoms with van der Waals surface area (Å²) in [5.74, 6) is 1.58. The predicted molar refractivity (Wildman–Crippen MR) is 114 cm³/mol. The van der Waals surface area contributed by atoms with E-state index in [0.717, 1.165) is 11.3 Å². The zero-order chi connectivity index (χ0) is 20.8. The van der Waals surface area contributed by atoms with Crippen molar-refractivity contribution in [3.63, 3.8) is 0 Å². The number of aliphatic imine (C=N–C) groups is 1. The van der Waals surface area contributed by atoms with E-state index in [2.05, 4.69) is 20.3 Å². The van der Waals surface area contributed by atoms with Crippen LogP contribution >= 0.6 is 0 Å². The summed E-state index contributed by atoms with van der Waals surface area (Å²) in [6, 6.07) is 11.3. The number of hydrogen-bond donors (Lipinski definition) is 2. The smallest absolute Gasteiger partial charge is 0.258 e. The van der Waals surface area contributed by atoms with Crippen LogP contribution in [0, 0.1) is 0 Å². The van der Waals surface area contributed by atoms with Crippen molar-refractivity contribution >= 4 is 22.9 Å². The van der Waals surface area contributed by atoms with Gasteiger partial charge in [0.25, 0.3) is 5.56 Å². The molecule has 0 atom stereocenters. The highest BCUT2D eigenvalue weighted by molar-refractivity contribution is 5.81. The number of rotatable bonds is 8. The van der Waals surface area contributed by atoms with Crippen LogP contribution in [0.2, 0.25) is 0 Å². The first-order valence-corrected chi connectivity index (χ1v) is 9.15. The van der Waals surface area contributed by atoms with E-state index in [1.165, 1.54) is 7.11 Å². The summed E-state index contributed by atoms with van der Waals surface area (Å²) >= 11 is 0. The lowest BCUT2D eigenvalue weighted by Gasteiger charge is -2.10. The largest absolute Gasteiger partial charge is 0.493 e. The Morgan fingerprint density at radius 1 is 1.14 bits per heavy atom. The van der Waals surface area contributed by atoms with Crippen molar-refractivity contribution in [2.45, 2.75) is 13.1 Å². The molecule has 0 aliphatic rings. The molecule has 3 rings (SSSR count). The van der Waals surface area contributed by atoms with Gasteiger partial charge in [0.15, 0.2) is 11.5 Å². The van der Waals surface area contributed by atoms with Crippen LogP contribution in [0.15, 0.2) is 46.2 Å². The van der Waals surface area contributed by atoms with Crippen LogP contribution in [0.25, 0.3) is 10.9 Å². The maximum atomic E-state index is 12.4. The van der Waals surface area contributed by atoms with Crippen molar-refractivity contribution in [2.75, 3.05) is 28.3 Å². The first kappa shape index (κ1) is 20.3. The highest BCUT2D eigenvalue weighted by Gasteiger charge is 2.11. The molecule has 0 saturated carbocycles. The summed E-state index contributed by atoms with van der Waals surface area (Å²) in [7, 11) is 6.94. The van der Waals surface area contributed by atoms with E-state index in [1.807, 2.05) is 43.3 Å². The number of aromatic amines is 1. The lowest BCUT2D eigenvalue weighted by Crippen LogP contribution is -2.19. The molecule has 29 heavy (non-hydrogen) atoms. The number of fused-ring (bicyclic) bond motifs is 1. The zero-order valence-corrected chi connectivity index (χ0v) is 17.0. The summed E-state index contributed by atoms with van der Waals surface area (Å²) in [6.45, 7) is 1.05. The quantitative estimate of drug-likeness (QED) is 0.450. The maximum absolute atomic E-state index is 12.4. The molecule has 1 aromatic heterocycles. The average Bonchev–Trinajstić information content (AvgIpc) is 2.71. The fourth-order valence-electron chi connectivity index (χ4n) is 2.85. The minimum atomic E-state index is -0.215.